The predicted molar refractivity (Wildman–Crippen MR) is 79.7 cm³/mol. The molecule has 2 rings (SSSR count). The molecule has 4 nitrogen and oxygen atoms in total. The Kier molecular flexibility index (Phi) is 5.99. The van der Waals surface area contributed by atoms with Crippen molar-refractivity contribution in [2.75, 3.05) is 13.2 Å². The van der Waals surface area contributed by atoms with E-state index in [2.05, 4.69) is 46.5 Å². The molecule has 1 aromatic heterocycles. The van der Waals surface area contributed by atoms with Crippen LogP contribution in [0.4, 0.5) is 0 Å². The first-order valence-electron chi connectivity index (χ1n) is 7.07. The smallest absolute Gasteiger partial charge is 0.216 e. The summed E-state index contributed by atoms with van der Waals surface area (Å²) in [6.07, 6.45) is 3.41. The lowest BCUT2D eigenvalue weighted by Crippen LogP contribution is -2.17. The Labute approximate surface area is 120 Å². The maximum Gasteiger partial charge on any atom is 0.216 e. The SMILES string of the molecule is CCc1cc(OCCCNCc2ccccc2)ncn1. The highest BCUT2D eigenvalue weighted by Crippen LogP contribution is 2.07. The second kappa shape index (κ2) is 8.27. The molecule has 1 heterocycles. The third-order valence-corrected chi connectivity index (χ3v) is 2.98. The number of hydrogen-bond donors (Lipinski definition) is 1. The van der Waals surface area contributed by atoms with Gasteiger partial charge in [0.2, 0.25) is 5.88 Å². The van der Waals surface area contributed by atoms with Gasteiger partial charge >= 0.3 is 0 Å². The first kappa shape index (κ1) is 14.5. The minimum atomic E-state index is 0.667. The summed E-state index contributed by atoms with van der Waals surface area (Å²) in [6, 6.07) is 12.3. The molecule has 0 saturated heterocycles. The summed E-state index contributed by atoms with van der Waals surface area (Å²) in [5, 5.41) is 3.40. The maximum atomic E-state index is 5.61. The number of ether oxygens (including phenoxy) is 1. The molecule has 1 N–H and O–H groups in total. The molecule has 0 aliphatic rings. The quantitative estimate of drug-likeness (QED) is 0.750. The molecule has 106 valence electrons. The summed E-state index contributed by atoms with van der Waals surface area (Å²) >= 11 is 0. The minimum absolute atomic E-state index is 0.667. The highest BCUT2D eigenvalue weighted by molar-refractivity contribution is 5.14. The zero-order valence-electron chi connectivity index (χ0n) is 11.9. The van der Waals surface area contributed by atoms with Gasteiger partial charge in [-0.3, -0.25) is 0 Å². The van der Waals surface area contributed by atoms with Gasteiger partial charge in [-0.25, -0.2) is 9.97 Å². The lowest BCUT2D eigenvalue weighted by Gasteiger charge is -2.07. The Morgan fingerprint density at radius 3 is 2.80 bits per heavy atom. The number of hydrogen-bond acceptors (Lipinski definition) is 4. The van der Waals surface area contributed by atoms with E-state index in [1.165, 1.54) is 5.56 Å². The zero-order valence-corrected chi connectivity index (χ0v) is 11.9. The largest absolute Gasteiger partial charge is 0.478 e. The molecule has 4 heteroatoms. The molecule has 0 fully saturated rings. The maximum absolute atomic E-state index is 5.61. The number of nitrogens with one attached hydrogen (secondary N) is 1. The van der Waals surface area contributed by atoms with Crippen LogP contribution in [0.25, 0.3) is 0 Å². The molecule has 0 aliphatic carbocycles. The molecule has 0 amide bonds. The summed E-state index contributed by atoms with van der Waals surface area (Å²) in [7, 11) is 0. The number of benzene rings is 1. The van der Waals surface area contributed by atoms with Crippen molar-refractivity contribution in [1.29, 1.82) is 0 Å². The van der Waals surface area contributed by atoms with Gasteiger partial charge in [0, 0.05) is 18.3 Å². The monoisotopic (exact) mass is 271 g/mol. The predicted octanol–water partition coefficient (Wildman–Crippen LogP) is 2.60. The van der Waals surface area contributed by atoms with Crippen LogP contribution in [0, 0.1) is 0 Å². The van der Waals surface area contributed by atoms with Crippen molar-refractivity contribution >= 4 is 0 Å². The van der Waals surface area contributed by atoms with E-state index in [9.17, 15) is 0 Å². The van der Waals surface area contributed by atoms with Crippen molar-refractivity contribution < 1.29 is 4.74 Å². The van der Waals surface area contributed by atoms with Gasteiger partial charge in [0.1, 0.15) is 6.33 Å². The van der Waals surface area contributed by atoms with E-state index in [1.54, 1.807) is 6.33 Å². The fourth-order valence-corrected chi connectivity index (χ4v) is 1.85. The summed E-state index contributed by atoms with van der Waals surface area (Å²) in [4.78, 5) is 8.24. The summed E-state index contributed by atoms with van der Waals surface area (Å²) in [6.45, 7) is 4.57. The van der Waals surface area contributed by atoms with Crippen LogP contribution >= 0.6 is 0 Å². The number of aryl methyl sites for hydroxylation is 1. The van der Waals surface area contributed by atoms with E-state index < -0.39 is 0 Å². The van der Waals surface area contributed by atoms with E-state index in [0.29, 0.717) is 12.5 Å². The van der Waals surface area contributed by atoms with E-state index in [1.807, 2.05) is 12.1 Å². The topological polar surface area (TPSA) is 47.0 Å². The molecule has 0 bridgehead atoms. The second-order valence-corrected chi connectivity index (χ2v) is 4.57. The number of nitrogens with zero attached hydrogens (tertiary/aromatic N) is 2. The Balaban J connectivity index is 1.59. The van der Waals surface area contributed by atoms with Gasteiger partial charge < -0.3 is 10.1 Å². The van der Waals surface area contributed by atoms with Crippen LogP contribution in [0.3, 0.4) is 0 Å². The van der Waals surface area contributed by atoms with Gasteiger partial charge in [0.05, 0.1) is 6.61 Å². The van der Waals surface area contributed by atoms with Crippen LogP contribution in [0.15, 0.2) is 42.7 Å². The van der Waals surface area contributed by atoms with Gasteiger partial charge in [-0.1, -0.05) is 37.3 Å². The van der Waals surface area contributed by atoms with Crippen molar-refractivity contribution in [3.05, 3.63) is 54.0 Å². The third kappa shape index (κ3) is 4.97. The van der Waals surface area contributed by atoms with Crippen molar-refractivity contribution in [3.8, 4) is 5.88 Å². The number of rotatable bonds is 8. The van der Waals surface area contributed by atoms with Crippen LogP contribution < -0.4 is 10.1 Å². The average Bonchev–Trinajstić information content (AvgIpc) is 2.52. The first-order valence-corrected chi connectivity index (χ1v) is 7.07. The lowest BCUT2D eigenvalue weighted by atomic mass is 10.2. The fourth-order valence-electron chi connectivity index (χ4n) is 1.85. The molecule has 1 aromatic carbocycles. The second-order valence-electron chi connectivity index (χ2n) is 4.57. The highest BCUT2D eigenvalue weighted by atomic mass is 16.5. The van der Waals surface area contributed by atoms with Gasteiger partial charge in [0.25, 0.3) is 0 Å². The van der Waals surface area contributed by atoms with Crippen LogP contribution in [0.1, 0.15) is 24.6 Å². The molecule has 0 aliphatic heterocycles. The lowest BCUT2D eigenvalue weighted by molar-refractivity contribution is 0.295. The molecule has 0 atom stereocenters. The van der Waals surface area contributed by atoms with Crippen LogP contribution in [0.5, 0.6) is 5.88 Å². The standard InChI is InChI=1S/C16H21N3O/c1-2-15-11-16(19-13-18-15)20-10-6-9-17-12-14-7-4-3-5-8-14/h3-5,7-8,11,13,17H,2,6,9-10,12H2,1H3. The summed E-state index contributed by atoms with van der Waals surface area (Å²) < 4.78 is 5.61. The molecule has 20 heavy (non-hydrogen) atoms. The van der Waals surface area contributed by atoms with E-state index in [-0.39, 0.29) is 0 Å². The third-order valence-electron chi connectivity index (χ3n) is 2.98. The fraction of sp³-hybridized carbons (Fsp3) is 0.375. The Hall–Kier alpha value is -1.94. The average molecular weight is 271 g/mol. The van der Waals surface area contributed by atoms with Gasteiger partial charge in [0.15, 0.2) is 0 Å². The normalized spacial score (nSPS) is 10.4. The Morgan fingerprint density at radius 1 is 1.15 bits per heavy atom. The van der Waals surface area contributed by atoms with Gasteiger partial charge in [-0.2, -0.15) is 0 Å². The van der Waals surface area contributed by atoms with E-state index >= 15 is 0 Å². The van der Waals surface area contributed by atoms with E-state index in [4.69, 9.17) is 4.74 Å². The van der Waals surface area contributed by atoms with E-state index in [0.717, 1.165) is 31.6 Å². The Morgan fingerprint density at radius 2 is 2.00 bits per heavy atom. The van der Waals surface area contributed by atoms with Crippen molar-refractivity contribution in [1.82, 2.24) is 15.3 Å². The van der Waals surface area contributed by atoms with Crippen LogP contribution in [0.2, 0.25) is 0 Å². The number of aromatic nitrogens is 2. The van der Waals surface area contributed by atoms with Gasteiger partial charge in [-0.15, -0.1) is 0 Å². The summed E-state index contributed by atoms with van der Waals surface area (Å²) in [5.74, 6) is 0.667. The molecule has 0 saturated carbocycles. The molecular formula is C16H21N3O. The molecule has 0 radical (unpaired) electrons. The van der Waals surface area contributed by atoms with Crippen molar-refractivity contribution in [3.63, 3.8) is 0 Å². The molecular weight excluding hydrogens is 250 g/mol. The van der Waals surface area contributed by atoms with Gasteiger partial charge in [-0.05, 0) is 24.9 Å². The zero-order chi connectivity index (χ0) is 14.0. The van der Waals surface area contributed by atoms with Crippen LogP contribution in [-0.2, 0) is 13.0 Å². The molecule has 0 unspecified atom stereocenters. The van der Waals surface area contributed by atoms with Crippen molar-refractivity contribution in [2.45, 2.75) is 26.3 Å². The molecule has 0 spiro atoms. The van der Waals surface area contributed by atoms with Crippen LogP contribution in [-0.4, -0.2) is 23.1 Å². The first-order chi connectivity index (χ1) is 9.88. The summed E-state index contributed by atoms with van der Waals surface area (Å²) in [5.41, 5.74) is 2.31. The minimum Gasteiger partial charge on any atom is -0.478 e. The Bertz CT molecular complexity index is 502. The van der Waals surface area contributed by atoms with Crippen molar-refractivity contribution in [2.24, 2.45) is 0 Å². The highest BCUT2D eigenvalue weighted by Gasteiger charge is 1.98. The molecule has 2 aromatic rings.